The van der Waals surface area contributed by atoms with E-state index in [4.69, 9.17) is 4.74 Å². The molecule has 0 aliphatic heterocycles. The molecule has 0 bridgehead atoms. The molecule has 3 saturated carbocycles. The van der Waals surface area contributed by atoms with Crippen molar-refractivity contribution >= 4 is 5.69 Å². The number of nitrogens with zero attached hydrogens (tertiary/aromatic N) is 1. The molecule has 1 unspecified atom stereocenters. The molecule has 43 heavy (non-hydrogen) atoms. The summed E-state index contributed by atoms with van der Waals surface area (Å²) in [7, 11) is 4.11. The van der Waals surface area contributed by atoms with E-state index in [9.17, 15) is 10.2 Å². The van der Waals surface area contributed by atoms with Crippen molar-refractivity contribution in [1.82, 2.24) is 0 Å². The zero-order valence-corrected chi connectivity index (χ0v) is 28.4. The van der Waals surface area contributed by atoms with Crippen molar-refractivity contribution in [2.45, 2.75) is 123 Å². The maximum absolute atomic E-state index is 10.7. The van der Waals surface area contributed by atoms with E-state index in [1.54, 1.807) is 5.57 Å². The lowest BCUT2D eigenvalue weighted by atomic mass is 9.53. The Morgan fingerprint density at radius 3 is 2.53 bits per heavy atom. The lowest BCUT2D eigenvalue weighted by Gasteiger charge is -2.51. The molecule has 4 rings (SSSR count). The molecular weight excluding hydrogens is 530 g/mol. The first-order chi connectivity index (χ1) is 20.2. The third-order valence-electron chi connectivity index (χ3n) is 11.7. The monoisotopic (exact) mass is 591 g/mol. The molecule has 2 N–H and O–H groups in total. The van der Waals surface area contributed by atoms with E-state index < -0.39 is 5.60 Å². The first-order valence-electron chi connectivity index (χ1n) is 17.1. The summed E-state index contributed by atoms with van der Waals surface area (Å²) in [6, 6.07) is 8.64. The van der Waals surface area contributed by atoms with Gasteiger partial charge < -0.3 is 19.8 Å². The smallest absolute Gasteiger partial charge is 0.0812 e. The molecule has 3 aliphatic rings. The lowest BCUT2D eigenvalue weighted by Crippen LogP contribution is -2.43. The Kier molecular flexibility index (Phi) is 11.1. The van der Waals surface area contributed by atoms with Crippen molar-refractivity contribution < 1.29 is 14.9 Å². The third-order valence-corrected chi connectivity index (χ3v) is 11.7. The van der Waals surface area contributed by atoms with Crippen molar-refractivity contribution in [3.8, 4) is 0 Å². The van der Waals surface area contributed by atoms with E-state index in [0.29, 0.717) is 24.4 Å². The van der Waals surface area contributed by atoms with Crippen molar-refractivity contribution in [2.24, 2.45) is 28.6 Å². The second kappa shape index (κ2) is 14.0. The number of aliphatic hydroxyl groups excluding tert-OH is 1. The molecule has 3 fully saturated rings. The van der Waals surface area contributed by atoms with Gasteiger partial charge in [0.15, 0.2) is 0 Å². The molecule has 7 atom stereocenters. The highest BCUT2D eigenvalue weighted by molar-refractivity contribution is 5.46. The van der Waals surface area contributed by atoms with E-state index in [1.165, 1.54) is 49.8 Å². The summed E-state index contributed by atoms with van der Waals surface area (Å²) in [5, 5.41) is 20.9. The van der Waals surface area contributed by atoms with E-state index in [-0.39, 0.29) is 23.5 Å². The van der Waals surface area contributed by atoms with Gasteiger partial charge in [0, 0.05) is 32.1 Å². The topological polar surface area (TPSA) is 52.9 Å². The van der Waals surface area contributed by atoms with Gasteiger partial charge in [-0.3, -0.25) is 0 Å². The summed E-state index contributed by atoms with van der Waals surface area (Å²) in [5.74, 6) is 1.56. The van der Waals surface area contributed by atoms with Crippen LogP contribution in [-0.4, -0.2) is 48.7 Å². The van der Waals surface area contributed by atoms with E-state index in [2.05, 4.69) is 88.8 Å². The highest BCUT2D eigenvalue weighted by atomic mass is 16.5. The van der Waals surface area contributed by atoms with Crippen molar-refractivity contribution in [1.29, 1.82) is 0 Å². The summed E-state index contributed by atoms with van der Waals surface area (Å²) >= 11 is 0. The van der Waals surface area contributed by atoms with Crippen LogP contribution >= 0.6 is 0 Å². The Bertz CT molecular complexity index is 1130. The first-order valence-corrected chi connectivity index (χ1v) is 17.1. The number of aliphatic hydroxyl groups is 2. The van der Waals surface area contributed by atoms with Crippen LogP contribution in [0.25, 0.3) is 0 Å². The summed E-state index contributed by atoms with van der Waals surface area (Å²) in [5.41, 5.74) is 5.18. The number of hydrogen-bond acceptors (Lipinski definition) is 4. The maximum atomic E-state index is 10.7. The van der Waals surface area contributed by atoms with Gasteiger partial charge in [0.1, 0.15) is 0 Å². The van der Waals surface area contributed by atoms with Crippen LogP contribution in [0.5, 0.6) is 0 Å². The number of ether oxygens (including phenoxy) is 1. The predicted molar refractivity (Wildman–Crippen MR) is 181 cm³/mol. The third kappa shape index (κ3) is 8.05. The standard InChI is InChI=1S/C39H61NO3/c1-28(12-10-22-37(3,4)42)35-20-24-38(5)32(15-11-23-39(35,38)6)14-9-13-31-26-34(41)27-36(29(31)2)43-25-21-30-16-18-33(19-17-30)40(7)8/h9,13-14,16-19,28,31,34-36,41-42H,2,10-12,15,20-27H2,1,3-8H3/b13-9-,32-14+/t28-,31?,34-,35-,36+,38+,39-/m1/s1. The van der Waals surface area contributed by atoms with Crippen LogP contribution in [0, 0.1) is 28.6 Å². The Morgan fingerprint density at radius 1 is 1.14 bits per heavy atom. The second-order valence-corrected chi connectivity index (χ2v) is 15.5. The number of fused-ring (bicyclic) bond motifs is 1. The Hall–Kier alpha value is -1.88. The molecule has 3 aliphatic carbocycles. The average Bonchev–Trinajstić information content (AvgIpc) is 3.22. The van der Waals surface area contributed by atoms with Crippen molar-refractivity contribution in [3.63, 3.8) is 0 Å². The fourth-order valence-corrected chi connectivity index (χ4v) is 8.75. The molecular formula is C39H61NO3. The van der Waals surface area contributed by atoms with Crippen LogP contribution in [0.15, 0.2) is 60.2 Å². The number of rotatable bonds is 12. The van der Waals surface area contributed by atoms with Crippen LogP contribution in [-0.2, 0) is 11.2 Å². The molecule has 1 aromatic rings. The van der Waals surface area contributed by atoms with Crippen LogP contribution in [0.2, 0.25) is 0 Å². The van der Waals surface area contributed by atoms with Gasteiger partial charge in [0.2, 0.25) is 0 Å². The second-order valence-electron chi connectivity index (χ2n) is 15.5. The van der Waals surface area contributed by atoms with Gasteiger partial charge in [-0.25, -0.2) is 0 Å². The van der Waals surface area contributed by atoms with E-state index in [1.807, 2.05) is 13.8 Å². The van der Waals surface area contributed by atoms with Crippen LogP contribution in [0.4, 0.5) is 5.69 Å². The van der Waals surface area contributed by atoms with Crippen molar-refractivity contribution in [2.75, 3.05) is 25.6 Å². The predicted octanol–water partition coefficient (Wildman–Crippen LogP) is 8.67. The van der Waals surface area contributed by atoms with Gasteiger partial charge in [-0.15, -0.1) is 0 Å². The van der Waals surface area contributed by atoms with Gasteiger partial charge >= 0.3 is 0 Å². The summed E-state index contributed by atoms with van der Waals surface area (Å²) < 4.78 is 6.31. The number of allylic oxidation sites excluding steroid dienone is 4. The summed E-state index contributed by atoms with van der Waals surface area (Å²) in [4.78, 5) is 2.11. The van der Waals surface area contributed by atoms with Gasteiger partial charge in [-0.2, -0.15) is 0 Å². The Labute approximate surface area is 263 Å². The molecule has 0 spiro atoms. The van der Waals surface area contributed by atoms with E-state index in [0.717, 1.165) is 37.2 Å². The molecule has 0 heterocycles. The highest BCUT2D eigenvalue weighted by Crippen LogP contribution is 2.67. The molecule has 4 heteroatoms. The number of benzene rings is 1. The summed E-state index contributed by atoms with van der Waals surface area (Å²) in [6.45, 7) is 16.5. The quantitative estimate of drug-likeness (QED) is 0.239. The summed E-state index contributed by atoms with van der Waals surface area (Å²) in [6.07, 6.45) is 18.2. The molecule has 4 nitrogen and oxygen atoms in total. The lowest BCUT2D eigenvalue weighted by molar-refractivity contribution is 0.00844. The maximum Gasteiger partial charge on any atom is 0.0812 e. The minimum Gasteiger partial charge on any atom is -0.393 e. The largest absolute Gasteiger partial charge is 0.393 e. The van der Waals surface area contributed by atoms with Gasteiger partial charge in [-0.1, -0.05) is 76.1 Å². The van der Waals surface area contributed by atoms with Crippen LogP contribution < -0.4 is 4.90 Å². The highest BCUT2D eigenvalue weighted by Gasteiger charge is 2.57. The molecule has 0 amide bonds. The number of hydrogen-bond donors (Lipinski definition) is 2. The number of anilines is 1. The first kappa shape index (κ1) is 34.0. The van der Waals surface area contributed by atoms with E-state index >= 15 is 0 Å². The fraction of sp³-hybridized carbons (Fsp3) is 0.692. The molecule has 0 aromatic heterocycles. The average molecular weight is 592 g/mol. The molecule has 1 aromatic carbocycles. The zero-order valence-electron chi connectivity index (χ0n) is 28.4. The van der Waals surface area contributed by atoms with Gasteiger partial charge in [0.05, 0.1) is 24.4 Å². The SMILES string of the molecule is C=C1C(/C=C\C=C2/CCC[C@]3(C)[C@@H]([C@H](C)CCCC(C)(C)O)CC[C@@]23C)C[C@@H](O)C[C@@H]1OCCc1ccc(N(C)C)cc1. The molecule has 0 radical (unpaired) electrons. The molecule has 0 saturated heterocycles. The zero-order chi connectivity index (χ0) is 31.4. The normalized spacial score (nSPS) is 33.2. The molecule has 240 valence electrons. The Balaban J connectivity index is 1.36. The van der Waals surface area contributed by atoms with Crippen LogP contribution in [0.3, 0.4) is 0 Å². The van der Waals surface area contributed by atoms with Crippen molar-refractivity contribution in [3.05, 3.63) is 65.8 Å². The minimum absolute atomic E-state index is 0.101. The minimum atomic E-state index is -0.564. The fourth-order valence-electron chi connectivity index (χ4n) is 8.75. The Morgan fingerprint density at radius 2 is 1.86 bits per heavy atom. The van der Waals surface area contributed by atoms with Crippen LogP contribution in [0.1, 0.15) is 104 Å². The van der Waals surface area contributed by atoms with Gasteiger partial charge in [-0.05, 0) is 111 Å². The van der Waals surface area contributed by atoms with Gasteiger partial charge in [0.25, 0.3) is 0 Å².